The molecule has 0 saturated carbocycles. The number of hydrogen-bond acceptors (Lipinski definition) is 2. The third-order valence-electron chi connectivity index (χ3n) is 4.27. The van der Waals surface area contributed by atoms with E-state index in [-0.39, 0.29) is 12.2 Å². The van der Waals surface area contributed by atoms with Crippen molar-refractivity contribution in [2.24, 2.45) is 0 Å². The van der Waals surface area contributed by atoms with Crippen LogP contribution in [0.4, 0.5) is 19.3 Å². The highest BCUT2D eigenvalue weighted by atomic mass is 19.1. The van der Waals surface area contributed by atoms with Crippen molar-refractivity contribution < 1.29 is 18.7 Å². The molecule has 2 amide bonds. The lowest BCUT2D eigenvalue weighted by molar-refractivity contribution is 0.0221. The van der Waals surface area contributed by atoms with Crippen molar-refractivity contribution >= 4 is 11.7 Å². The molecule has 1 unspecified atom stereocenters. The molecule has 3 rings (SSSR count). The van der Waals surface area contributed by atoms with E-state index >= 15 is 0 Å². The molecule has 0 radical (unpaired) electrons. The molecule has 3 N–H and O–H groups in total. The summed E-state index contributed by atoms with van der Waals surface area (Å²) in [4.78, 5) is 12.0. The number of benzene rings is 2. The van der Waals surface area contributed by atoms with Crippen molar-refractivity contribution in [1.82, 2.24) is 5.32 Å². The average Bonchev–Trinajstić information content (AvgIpc) is 2.57. The van der Waals surface area contributed by atoms with E-state index in [1.165, 1.54) is 0 Å². The average molecular weight is 332 g/mol. The molecule has 24 heavy (non-hydrogen) atoms. The Morgan fingerprint density at radius 3 is 2.83 bits per heavy atom. The first-order valence-corrected chi connectivity index (χ1v) is 7.79. The molecule has 0 spiro atoms. The maximum atomic E-state index is 13.5. The van der Waals surface area contributed by atoms with Gasteiger partial charge in [-0.2, -0.15) is 0 Å². The summed E-state index contributed by atoms with van der Waals surface area (Å²) in [6, 6.07) is 9.68. The van der Waals surface area contributed by atoms with Crippen molar-refractivity contribution in [1.29, 1.82) is 0 Å². The van der Waals surface area contributed by atoms with Crippen LogP contribution in [0, 0.1) is 11.6 Å². The van der Waals surface area contributed by atoms with Crippen LogP contribution in [-0.4, -0.2) is 17.7 Å². The van der Waals surface area contributed by atoms with E-state index in [1.54, 1.807) is 0 Å². The lowest BCUT2D eigenvalue weighted by Gasteiger charge is -2.34. The standard InChI is InChI=1S/C18H18F2N2O2/c19-13-7-8-15(20)16(10-13)22-17(23)21-11-18(24)9-3-5-12-4-1-2-6-14(12)18/h1-2,4,6-8,10,24H,3,5,9,11H2,(H2,21,22,23). The summed E-state index contributed by atoms with van der Waals surface area (Å²) in [5.74, 6) is -1.38. The highest BCUT2D eigenvalue weighted by Gasteiger charge is 2.34. The molecule has 1 aliphatic carbocycles. The Balaban J connectivity index is 1.67. The van der Waals surface area contributed by atoms with Gasteiger partial charge in [-0.05, 0) is 42.5 Å². The zero-order valence-corrected chi connectivity index (χ0v) is 13.0. The number of urea groups is 1. The summed E-state index contributed by atoms with van der Waals surface area (Å²) in [6.07, 6.45) is 2.23. The molecule has 0 saturated heterocycles. The van der Waals surface area contributed by atoms with Gasteiger partial charge in [-0.1, -0.05) is 24.3 Å². The number of anilines is 1. The summed E-state index contributed by atoms with van der Waals surface area (Å²) in [5, 5.41) is 15.7. The zero-order valence-electron chi connectivity index (χ0n) is 13.0. The predicted molar refractivity (Wildman–Crippen MR) is 86.7 cm³/mol. The van der Waals surface area contributed by atoms with Crippen LogP contribution < -0.4 is 10.6 Å². The number of hydrogen-bond donors (Lipinski definition) is 3. The third kappa shape index (κ3) is 3.38. The van der Waals surface area contributed by atoms with E-state index in [1.807, 2.05) is 24.3 Å². The van der Waals surface area contributed by atoms with E-state index in [0.717, 1.165) is 42.2 Å². The summed E-state index contributed by atoms with van der Waals surface area (Å²) >= 11 is 0. The SMILES string of the molecule is O=C(NCC1(O)CCCc2ccccc21)Nc1cc(F)ccc1F. The Labute approximate surface area is 138 Å². The Morgan fingerprint density at radius 1 is 1.21 bits per heavy atom. The number of nitrogens with one attached hydrogen (secondary N) is 2. The summed E-state index contributed by atoms with van der Waals surface area (Å²) in [6.45, 7) is -0.00716. The molecular formula is C18H18F2N2O2. The van der Waals surface area contributed by atoms with Crippen LogP contribution in [0.3, 0.4) is 0 Å². The Bertz CT molecular complexity index is 766. The van der Waals surface area contributed by atoms with E-state index < -0.39 is 23.3 Å². The van der Waals surface area contributed by atoms with Gasteiger partial charge < -0.3 is 15.7 Å². The lowest BCUT2D eigenvalue weighted by atomic mass is 9.79. The van der Waals surface area contributed by atoms with Crippen LogP contribution in [0.2, 0.25) is 0 Å². The first-order chi connectivity index (χ1) is 11.5. The zero-order chi connectivity index (χ0) is 17.2. The van der Waals surface area contributed by atoms with Gasteiger partial charge in [-0.15, -0.1) is 0 Å². The number of fused-ring (bicyclic) bond motifs is 1. The number of aryl methyl sites for hydroxylation is 1. The Hall–Kier alpha value is -2.47. The van der Waals surface area contributed by atoms with Gasteiger partial charge in [-0.25, -0.2) is 13.6 Å². The smallest absolute Gasteiger partial charge is 0.319 e. The highest BCUT2D eigenvalue weighted by molar-refractivity contribution is 5.89. The third-order valence-corrected chi connectivity index (χ3v) is 4.27. The van der Waals surface area contributed by atoms with Crippen LogP contribution in [0.15, 0.2) is 42.5 Å². The van der Waals surface area contributed by atoms with Crippen LogP contribution in [0.5, 0.6) is 0 Å². The molecule has 0 fully saturated rings. The molecule has 1 atom stereocenters. The van der Waals surface area contributed by atoms with E-state index in [4.69, 9.17) is 0 Å². The van der Waals surface area contributed by atoms with Gasteiger partial charge in [0, 0.05) is 6.07 Å². The van der Waals surface area contributed by atoms with Crippen molar-refractivity contribution in [2.75, 3.05) is 11.9 Å². The molecular weight excluding hydrogens is 314 g/mol. The van der Waals surface area contributed by atoms with Crippen molar-refractivity contribution in [3.8, 4) is 0 Å². The fraction of sp³-hybridized carbons (Fsp3) is 0.278. The number of amides is 2. The molecule has 4 nitrogen and oxygen atoms in total. The van der Waals surface area contributed by atoms with Crippen molar-refractivity contribution in [2.45, 2.75) is 24.9 Å². The van der Waals surface area contributed by atoms with E-state index in [0.29, 0.717) is 6.42 Å². The summed E-state index contributed by atoms with van der Waals surface area (Å²) < 4.78 is 26.7. The van der Waals surface area contributed by atoms with Crippen LogP contribution in [-0.2, 0) is 12.0 Å². The molecule has 2 aromatic carbocycles. The van der Waals surface area contributed by atoms with Crippen LogP contribution >= 0.6 is 0 Å². The fourth-order valence-corrected chi connectivity index (χ4v) is 3.07. The van der Waals surface area contributed by atoms with Crippen molar-refractivity contribution in [3.05, 3.63) is 65.2 Å². The van der Waals surface area contributed by atoms with E-state index in [9.17, 15) is 18.7 Å². The quantitative estimate of drug-likeness (QED) is 0.807. The van der Waals surface area contributed by atoms with Gasteiger partial charge in [0.05, 0.1) is 12.2 Å². The van der Waals surface area contributed by atoms with Gasteiger partial charge >= 0.3 is 6.03 Å². The normalized spacial score (nSPS) is 19.5. The maximum absolute atomic E-state index is 13.5. The second-order valence-electron chi connectivity index (χ2n) is 5.97. The number of carbonyl (C=O) groups is 1. The minimum Gasteiger partial charge on any atom is -0.383 e. The second-order valence-corrected chi connectivity index (χ2v) is 5.97. The predicted octanol–water partition coefficient (Wildman–Crippen LogP) is 3.31. The maximum Gasteiger partial charge on any atom is 0.319 e. The molecule has 2 aromatic rings. The van der Waals surface area contributed by atoms with Crippen LogP contribution in [0.25, 0.3) is 0 Å². The monoisotopic (exact) mass is 332 g/mol. The molecule has 0 aliphatic heterocycles. The van der Waals surface area contributed by atoms with Gasteiger partial charge in [0.15, 0.2) is 0 Å². The minimum atomic E-state index is -1.16. The van der Waals surface area contributed by atoms with Crippen molar-refractivity contribution in [3.63, 3.8) is 0 Å². The summed E-state index contributed by atoms with van der Waals surface area (Å²) in [5.41, 5.74) is 0.453. The van der Waals surface area contributed by atoms with E-state index in [2.05, 4.69) is 10.6 Å². The number of aliphatic hydroxyl groups is 1. The Morgan fingerprint density at radius 2 is 2.00 bits per heavy atom. The van der Waals surface area contributed by atoms with Gasteiger partial charge in [0.1, 0.15) is 17.2 Å². The summed E-state index contributed by atoms with van der Waals surface area (Å²) in [7, 11) is 0. The lowest BCUT2D eigenvalue weighted by Crippen LogP contribution is -2.44. The number of carbonyl (C=O) groups excluding carboxylic acids is 1. The minimum absolute atomic E-state index is 0.00716. The molecule has 126 valence electrons. The second kappa shape index (κ2) is 6.57. The number of rotatable bonds is 3. The van der Waals surface area contributed by atoms with Gasteiger partial charge in [0.2, 0.25) is 0 Å². The molecule has 1 aliphatic rings. The molecule has 0 heterocycles. The van der Waals surface area contributed by atoms with Gasteiger partial charge in [0.25, 0.3) is 0 Å². The van der Waals surface area contributed by atoms with Crippen LogP contribution in [0.1, 0.15) is 24.0 Å². The first-order valence-electron chi connectivity index (χ1n) is 7.79. The first kappa shape index (κ1) is 16.4. The van der Waals surface area contributed by atoms with Gasteiger partial charge in [-0.3, -0.25) is 0 Å². The largest absolute Gasteiger partial charge is 0.383 e. The molecule has 0 bridgehead atoms. The number of halogens is 2. The molecule has 0 aromatic heterocycles. The topological polar surface area (TPSA) is 61.4 Å². The fourth-order valence-electron chi connectivity index (χ4n) is 3.07. The highest BCUT2D eigenvalue weighted by Crippen LogP contribution is 2.34. The molecule has 6 heteroatoms. The Kier molecular flexibility index (Phi) is 4.49.